The van der Waals surface area contributed by atoms with Crippen LogP contribution in [0.1, 0.15) is 50.9 Å². The van der Waals surface area contributed by atoms with Gasteiger partial charge in [0, 0.05) is 51.9 Å². The van der Waals surface area contributed by atoms with Crippen molar-refractivity contribution in [2.75, 3.05) is 13.1 Å². The normalized spacial score (nSPS) is 18.1. The molecule has 0 aromatic heterocycles. The first kappa shape index (κ1) is 23.0. The maximum atomic E-state index is 12.7. The molecule has 2 atom stereocenters. The third-order valence-corrected chi connectivity index (χ3v) is 5.36. The lowest BCUT2D eigenvalue weighted by Gasteiger charge is -2.46. The lowest BCUT2D eigenvalue weighted by molar-refractivity contribution is -0.145. The second-order valence-electron chi connectivity index (χ2n) is 7.64. The van der Waals surface area contributed by atoms with Crippen LogP contribution in [0, 0.1) is 0 Å². The van der Waals surface area contributed by atoms with Crippen LogP contribution in [-0.2, 0) is 19.2 Å². The van der Waals surface area contributed by atoms with Crippen molar-refractivity contribution in [1.29, 1.82) is 0 Å². The molecule has 0 N–H and O–H groups in total. The van der Waals surface area contributed by atoms with Gasteiger partial charge in [-0.2, -0.15) is 0 Å². The van der Waals surface area contributed by atoms with E-state index in [1.165, 1.54) is 27.7 Å². The van der Waals surface area contributed by atoms with Gasteiger partial charge in [-0.05, 0) is 12.1 Å². The van der Waals surface area contributed by atoms with E-state index < -0.39 is 24.0 Å². The molecule has 0 radical (unpaired) electrons. The monoisotopic (exact) mass is 438 g/mol. The first-order valence-electron chi connectivity index (χ1n) is 10.3. The summed E-state index contributed by atoms with van der Waals surface area (Å²) in [7, 11) is 0. The Morgan fingerprint density at radius 2 is 1.00 bits per heavy atom. The minimum Gasteiger partial charge on any atom is -0.426 e. The Bertz CT molecular complexity index is 967. The second-order valence-corrected chi connectivity index (χ2v) is 7.64. The topological polar surface area (TPSA) is 93.2 Å². The standard InChI is InChI=1S/C24H26N2O6/c1-15(27)25-13-22(20-10-6-8-12-24(20)32-18(4)30)26(16(2)28)14-21(25)19-9-5-7-11-23(19)31-17(3)29/h5-12,21-22H,13-14H2,1-4H3. The SMILES string of the molecule is CC(=O)Oc1ccccc1C1CN(C(C)=O)C(c2ccccc2OC(C)=O)CN1C(C)=O. The third kappa shape index (κ3) is 4.96. The highest BCUT2D eigenvalue weighted by Crippen LogP contribution is 2.40. The molecule has 0 saturated carbocycles. The summed E-state index contributed by atoms with van der Waals surface area (Å²) in [6.07, 6.45) is 0. The summed E-state index contributed by atoms with van der Waals surface area (Å²) < 4.78 is 10.7. The summed E-state index contributed by atoms with van der Waals surface area (Å²) in [5.41, 5.74) is 1.27. The van der Waals surface area contributed by atoms with E-state index in [1.807, 2.05) is 0 Å². The average molecular weight is 438 g/mol. The largest absolute Gasteiger partial charge is 0.426 e. The molecule has 8 heteroatoms. The number of para-hydroxylation sites is 2. The third-order valence-electron chi connectivity index (χ3n) is 5.36. The second kappa shape index (κ2) is 9.64. The Labute approximate surface area is 186 Å². The van der Waals surface area contributed by atoms with E-state index in [0.717, 1.165) is 0 Å². The van der Waals surface area contributed by atoms with Gasteiger partial charge in [-0.25, -0.2) is 0 Å². The van der Waals surface area contributed by atoms with Crippen LogP contribution >= 0.6 is 0 Å². The molecule has 1 heterocycles. The predicted octanol–water partition coefficient (Wildman–Crippen LogP) is 3.03. The van der Waals surface area contributed by atoms with Crippen LogP contribution in [-0.4, -0.2) is 46.6 Å². The van der Waals surface area contributed by atoms with E-state index in [-0.39, 0.29) is 24.9 Å². The van der Waals surface area contributed by atoms with Crippen molar-refractivity contribution in [3.05, 3.63) is 59.7 Å². The fourth-order valence-corrected chi connectivity index (χ4v) is 4.06. The van der Waals surface area contributed by atoms with Crippen molar-refractivity contribution >= 4 is 23.8 Å². The summed E-state index contributed by atoms with van der Waals surface area (Å²) >= 11 is 0. The van der Waals surface area contributed by atoms with Gasteiger partial charge in [-0.3, -0.25) is 19.2 Å². The molecular weight excluding hydrogens is 412 g/mol. The Morgan fingerprint density at radius 1 is 0.656 bits per heavy atom. The Kier molecular flexibility index (Phi) is 6.92. The smallest absolute Gasteiger partial charge is 0.308 e. The molecule has 1 aliphatic rings. The van der Waals surface area contributed by atoms with Crippen molar-refractivity contribution in [1.82, 2.24) is 9.80 Å². The molecule has 8 nitrogen and oxygen atoms in total. The van der Waals surface area contributed by atoms with Gasteiger partial charge < -0.3 is 19.3 Å². The Balaban J connectivity index is 2.06. The van der Waals surface area contributed by atoms with Crippen LogP contribution < -0.4 is 9.47 Å². The minimum atomic E-state index is -0.510. The van der Waals surface area contributed by atoms with Gasteiger partial charge in [-0.15, -0.1) is 0 Å². The van der Waals surface area contributed by atoms with Gasteiger partial charge in [0.2, 0.25) is 11.8 Å². The molecular formula is C24H26N2O6. The number of carbonyl (C=O) groups is 4. The van der Waals surface area contributed by atoms with Gasteiger partial charge in [0.25, 0.3) is 0 Å². The van der Waals surface area contributed by atoms with Crippen molar-refractivity contribution < 1.29 is 28.7 Å². The highest BCUT2D eigenvalue weighted by molar-refractivity contribution is 5.78. The molecule has 1 fully saturated rings. The first-order chi connectivity index (χ1) is 15.2. The highest BCUT2D eigenvalue weighted by atomic mass is 16.5. The molecule has 168 valence electrons. The number of piperazine rings is 1. The van der Waals surface area contributed by atoms with Crippen LogP contribution in [0.15, 0.2) is 48.5 Å². The number of amides is 2. The van der Waals surface area contributed by atoms with E-state index in [1.54, 1.807) is 58.3 Å². The molecule has 1 aliphatic heterocycles. The average Bonchev–Trinajstić information content (AvgIpc) is 2.72. The summed E-state index contributed by atoms with van der Waals surface area (Å²) in [5, 5.41) is 0. The molecule has 0 spiro atoms. The van der Waals surface area contributed by atoms with Gasteiger partial charge >= 0.3 is 11.9 Å². The molecule has 2 unspecified atom stereocenters. The van der Waals surface area contributed by atoms with Gasteiger partial charge in [-0.1, -0.05) is 36.4 Å². The lowest BCUT2D eigenvalue weighted by atomic mass is 9.94. The summed E-state index contributed by atoms with van der Waals surface area (Å²) in [5.74, 6) is -0.632. The van der Waals surface area contributed by atoms with E-state index in [2.05, 4.69) is 0 Å². The van der Waals surface area contributed by atoms with E-state index in [0.29, 0.717) is 22.6 Å². The van der Waals surface area contributed by atoms with E-state index in [9.17, 15) is 19.2 Å². The zero-order chi connectivity index (χ0) is 23.4. The van der Waals surface area contributed by atoms with Crippen LogP contribution in [0.3, 0.4) is 0 Å². The van der Waals surface area contributed by atoms with Crippen LogP contribution in [0.5, 0.6) is 11.5 Å². The molecule has 2 amide bonds. The zero-order valence-electron chi connectivity index (χ0n) is 18.5. The maximum absolute atomic E-state index is 12.7. The van der Waals surface area contributed by atoms with Crippen molar-refractivity contribution in [2.45, 2.75) is 39.8 Å². The van der Waals surface area contributed by atoms with E-state index >= 15 is 0 Å². The molecule has 32 heavy (non-hydrogen) atoms. The van der Waals surface area contributed by atoms with E-state index in [4.69, 9.17) is 9.47 Å². The van der Waals surface area contributed by atoms with Crippen LogP contribution in [0.2, 0.25) is 0 Å². The van der Waals surface area contributed by atoms with Crippen LogP contribution in [0.4, 0.5) is 0 Å². The first-order valence-corrected chi connectivity index (χ1v) is 10.3. The minimum absolute atomic E-state index is 0.187. The number of hydrogen-bond donors (Lipinski definition) is 0. The fraction of sp³-hybridized carbons (Fsp3) is 0.333. The number of esters is 2. The number of nitrogens with zero attached hydrogens (tertiary/aromatic N) is 2. The van der Waals surface area contributed by atoms with Gasteiger partial charge in [0.15, 0.2) is 0 Å². The van der Waals surface area contributed by atoms with Crippen molar-refractivity contribution in [3.63, 3.8) is 0 Å². The summed E-state index contributed by atoms with van der Waals surface area (Å²) in [6, 6.07) is 12.9. The van der Waals surface area contributed by atoms with Crippen molar-refractivity contribution in [2.24, 2.45) is 0 Å². The molecule has 0 aliphatic carbocycles. The molecule has 1 saturated heterocycles. The van der Waals surface area contributed by atoms with Crippen LogP contribution in [0.25, 0.3) is 0 Å². The zero-order valence-corrected chi connectivity index (χ0v) is 18.5. The quantitative estimate of drug-likeness (QED) is 0.538. The Morgan fingerprint density at radius 3 is 1.31 bits per heavy atom. The number of hydrogen-bond acceptors (Lipinski definition) is 6. The Hall–Kier alpha value is -3.68. The molecule has 2 aromatic carbocycles. The summed E-state index contributed by atoms with van der Waals surface area (Å²) in [6.45, 7) is 5.91. The molecule has 3 rings (SSSR count). The van der Waals surface area contributed by atoms with Crippen molar-refractivity contribution in [3.8, 4) is 11.5 Å². The van der Waals surface area contributed by atoms with Gasteiger partial charge in [0.05, 0.1) is 12.1 Å². The summed E-state index contributed by atoms with van der Waals surface area (Å²) in [4.78, 5) is 51.8. The lowest BCUT2D eigenvalue weighted by Crippen LogP contribution is -2.53. The number of carbonyl (C=O) groups excluding carboxylic acids is 4. The van der Waals surface area contributed by atoms with Gasteiger partial charge in [0.1, 0.15) is 11.5 Å². The number of benzene rings is 2. The molecule has 0 bridgehead atoms. The predicted molar refractivity (Wildman–Crippen MR) is 116 cm³/mol. The number of rotatable bonds is 4. The highest BCUT2D eigenvalue weighted by Gasteiger charge is 2.40. The number of ether oxygens (including phenoxy) is 2. The fourth-order valence-electron chi connectivity index (χ4n) is 4.06. The molecule has 2 aromatic rings. The maximum Gasteiger partial charge on any atom is 0.308 e.